The number of ether oxygens (including phenoxy) is 1. The minimum Gasteiger partial charge on any atom is -0.481 e. The SMILES string of the molecule is C[C@H](CCC(=O)O)[C@@H]1CC[C@@H]2[C@@H]3CC[C@@H]4C[C@H](OC=O)CC[C@]4(C)[C@@H]3CC[C@@]21C. The fourth-order valence-electron chi connectivity index (χ4n) is 8.95. The molecule has 0 amide bonds. The average Bonchev–Trinajstić information content (AvgIpc) is 3.04. The van der Waals surface area contributed by atoms with Crippen LogP contribution in [0.4, 0.5) is 0 Å². The van der Waals surface area contributed by atoms with Crippen LogP contribution < -0.4 is 0 Å². The summed E-state index contributed by atoms with van der Waals surface area (Å²) in [5.74, 6) is 3.75. The fraction of sp³-hybridized carbons (Fsp3) is 0.920. The van der Waals surface area contributed by atoms with Crippen LogP contribution in [0.3, 0.4) is 0 Å². The van der Waals surface area contributed by atoms with E-state index in [1.54, 1.807) is 0 Å². The predicted octanol–water partition coefficient (Wildman–Crippen LogP) is 5.69. The van der Waals surface area contributed by atoms with Gasteiger partial charge in [-0.25, -0.2) is 0 Å². The summed E-state index contributed by atoms with van der Waals surface area (Å²) >= 11 is 0. The van der Waals surface area contributed by atoms with Gasteiger partial charge in [-0.1, -0.05) is 20.8 Å². The molecule has 4 aliphatic carbocycles. The second-order valence-electron chi connectivity index (χ2n) is 11.4. The van der Waals surface area contributed by atoms with E-state index < -0.39 is 5.97 Å². The summed E-state index contributed by atoms with van der Waals surface area (Å²) in [5, 5.41) is 9.12. The van der Waals surface area contributed by atoms with E-state index in [0.29, 0.717) is 41.5 Å². The van der Waals surface area contributed by atoms with Crippen LogP contribution in [0.25, 0.3) is 0 Å². The highest BCUT2D eigenvalue weighted by molar-refractivity contribution is 5.66. The summed E-state index contributed by atoms with van der Waals surface area (Å²) in [6.45, 7) is 8.05. The molecule has 4 fully saturated rings. The maximum atomic E-state index is 11.1. The summed E-state index contributed by atoms with van der Waals surface area (Å²) in [4.78, 5) is 21.9. The number of carbonyl (C=O) groups excluding carboxylic acids is 1. The summed E-state index contributed by atoms with van der Waals surface area (Å²) < 4.78 is 5.36. The summed E-state index contributed by atoms with van der Waals surface area (Å²) in [6, 6.07) is 0. The van der Waals surface area contributed by atoms with E-state index in [4.69, 9.17) is 9.84 Å². The number of fused-ring (bicyclic) bond motifs is 5. The molecule has 0 aromatic carbocycles. The van der Waals surface area contributed by atoms with Gasteiger partial charge in [-0.15, -0.1) is 0 Å². The molecule has 4 saturated carbocycles. The molecule has 0 heterocycles. The van der Waals surface area contributed by atoms with E-state index in [0.717, 1.165) is 37.0 Å². The molecule has 9 atom stereocenters. The lowest BCUT2D eigenvalue weighted by molar-refractivity contribution is -0.151. The molecular weight excluding hydrogens is 364 g/mol. The predicted molar refractivity (Wildman–Crippen MR) is 112 cm³/mol. The van der Waals surface area contributed by atoms with Gasteiger partial charge in [-0.05, 0) is 111 Å². The monoisotopic (exact) mass is 404 g/mol. The van der Waals surface area contributed by atoms with Crippen LogP contribution in [0, 0.1) is 46.3 Å². The highest BCUT2D eigenvalue weighted by atomic mass is 16.5. The van der Waals surface area contributed by atoms with Crippen LogP contribution in [0.1, 0.15) is 91.4 Å². The van der Waals surface area contributed by atoms with Gasteiger partial charge in [0.05, 0.1) is 0 Å². The molecule has 29 heavy (non-hydrogen) atoms. The van der Waals surface area contributed by atoms with Gasteiger partial charge in [0.25, 0.3) is 6.47 Å². The van der Waals surface area contributed by atoms with Crippen LogP contribution in [-0.2, 0) is 14.3 Å². The second-order valence-corrected chi connectivity index (χ2v) is 11.4. The highest BCUT2D eigenvalue weighted by Gasteiger charge is 2.60. The van der Waals surface area contributed by atoms with Gasteiger partial charge in [0.1, 0.15) is 6.10 Å². The Labute approximate surface area is 176 Å². The Balaban J connectivity index is 1.48. The molecule has 0 radical (unpaired) electrons. The van der Waals surface area contributed by atoms with Crippen molar-refractivity contribution >= 4 is 12.4 Å². The van der Waals surface area contributed by atoms with Crippen LogP contribution in [0.15, 0.2) is 0 Å². The van der Waals surface area contributed by atoms with Crippen molar-refractivity contribution in [2.24, 2.45) is 46.3 Å². The minimum atomic E-state index is -0.652. The number of aliphatic carboxylic acids is 1. The van der Waals surface area contributed by atoms with E-state index in [1.165, 1.54) is 44.9 Å². The zero-order valence-corrected chi connectivity index (χ0v) is 18.6. The third kappa shape index (κ3) is 3.53. The standard InChI is InChI=1S/C25H40O4/c1-16(4-9-23(27)28)20-7-8-21-19-6-5-17-14-18(29-15-26)10-12-24(17,2)22(19)11-13-25(20,21)3/h15-22H,4-14H2,1-3H3,(H,27,28)/t16-,17-,18-,19+,20+,21-,22-,24+,25-/m1/s1. The van der Waals surface area contributed by atoms with Crippen LogP contribution in [-0.4, -0.2) is 23.7 Å². The van der Waals surface area contributed by atoms with Gasteiger partial charge in [0.15, 0.2) is 0 Å². The number of hydrogen-bond acceptors (Lipinski definition) is 3. The molecular formula is C25H40O4. The van der Waals surface area contributed by atoms with Crippen molar-refractivity contribution < 1.29 is 19.4 Å². The van der Waals surface area contributed by atoms with E-state index in [1.807, 2.05) is 0 Å². The Morgan fingerprint density at radius 3 is 2.52 bits per heavy atom. The number of rotatable bonds is 6. The van der Waals surface area contributed by atoms with Crippen molar-refractivity contribution in [1.82, 2.24) is 0 Å². The van der Waals surface area contributed by atoms with Crippen LogP contribution in [0.5, 0.6) is 0 Å². The lowest BCUT2D eigenvalue weighted by Crippen LogP contribution is -2.54. The second kappa shape index (κ2) is 7.89. The maximum absolute atomic E-state index is 11.1. The van der Waals surface area contributed by atoms with Crippen molar-refractivity contribution in [1.29, 1.82) is 0 Å². The molecule has 0 aromatic heterocycles. The molecule has 4 nitrogen and oxygen atoms in total. The van der Waals surface area contributed by atoms with Crippen LogP contribution >= 0.6 is 0 Å². The van der Waals surface area contributed by atoms with Crippen molar-refractivity contribution in [3.63, 3.8) is 0 Å². The summed E-state index contributed by atoms with van der Waals surface area (Å²) in [6.07, 6.45) is 12.5. The van der Waals surface area contributed by atoms with E-state index >= 15 is 0 Å². The van der Waals surface area contributed by atoms with Gasteiger partial charge < -0.3 is 9.84 Å². The third-order valence-corrected chi connectivity index (χ3v) is 10.4. The first-order chi connectivity index (χ1) is 13.8. The van der Waals surface area contributed by atoms with Crippen molar-refractivity contribution in [3.8, 4) is 0 Å². The van der Waals surface area contributed by atoms with E-state index in [9.17, 15) is 9.59 Å². The largest absolute Gasteiger partial charge is 0.481 e. The highest BCUT2D eigenvalue weighted by Crippen LogP contribution is 2.68. The van der Waals surface area contributed by atoms with E-state index in [-0.39, 0.29) is 6.10 Å². The van der Waals surface area contributed by atoms with Gasteiger partial charge in [0, 0.05) is 6.42 Å². The molecule has 4 aliphatic rings. The zero-order valence-electron chi connectivity index (χ0n) is 18.6. The van der Waals surface area contributed by atoms with Crippen molar-refractivity contribution in [3.05, 3.63) is 0 Å². The van der Waals surface area contributed by atoms with Gasteiger partial charge in [0.2, 0.25) is 0 Å². The molecule has 4 heteroatoms. The maximum Gasteiger partial charge on any atom is 0.303 e. The molecule has 0 aliphatic heterocycles. The first kappa shape index (κ1) is 21.2. The molecule has 1 N–H and O–H groups in total. The lowest BCUT2D eigenvalue weighted by Gasteiger charge is -2.61. The fourth-order valence-corrected chi connectivity index (χ4v) is 8.95. The number of carboxylic acids is 1. The van der Waals surface area contributed by atoms with Crippen molar-refractivity contribution in [2.75, 3.05) is 0 Å². The first-order valence-electron chi connectivity index (χ1n) is 12.1. The van der Waals surface area contributed by atoms with E-state index in [2.05, 4.69) is 20.8 Å². The average molecular weight is 405 g/mol. The number of hydrogen-bond donors (Lipinski definition) is 1. The molecule has 0 spiro atoms. The Morgan fingerprint density at radius 2 is 1.79 bits per heavy atom. The smallest absolute Gasteiger partial charge is 0.303 e. The molecule has 0 unspecified atom stereocenters. The lowest BCUT2D eigenvalue weighted by atomic mass is 9.44. The minimum absolute atomic E-state index is 0.141. The van der Waals surface area contributed by atoms with Gasteiger partial charge >= 0.3 is 5.97 Å². The molecule has 0 aromatic rings. The Hall–Kier alpha value is -1.06. The Bertz CT molecular complexity index is 632. The normalized spacial score (nSPS) is 47.4. The van der Waals surface area contributed by atoms with Gasteiger partial charge in [-0.3, -0.25) is 9.59 Å². The van der Waals surface area contributed by atoms with Crippen LogP contribution in [0.2, 0.25) is 0 Å². The Morgan fingerprint density at radius 1 is 1.07 bits per heavy atom. The molecule has 164 valence electrons. The van der Waals surface area contributed by atoms with Gasteiger partial charge in [-0.2, -0.15) is 0 Å². The summed E-state index contributed by atoms with van der Waals surface area (Å²) in [7, 11) is 0. The number of carbonyl (C=O) groups is 2. The Kier molecular flexibility index (Phi) is 5.76. The van der Waals surface area contributed by atoms with Crippen molar-refractivity contribution in [2.45, 2.75) is 97.5 Å². The third-order valence-electron chi connectivity index (χ3n) is 10.4. The number of carboxylic acid groups (broad SMARTS) is 1. The summed E-state index contributed by atoms with van der Waals surface area (Å²) in [5.41, 5.74) is 0.820. The zero-order chi connectivity index (χ0) is 20.8. The first-order valence-corrected chi connectivity index (χ1v) is 12.1. The molecule has 0 saturated heterocycles. The molecule has 4 rings (SSSR count). The molecule has 0 bridgehead atoms. The quantitative estimate of drug-likeness (QED) is 0.578. The topological polar surface area (TPSA) is 63.6 Å².